The Balaban J connectivity index is 2.51. The lowest BCUT2D eigenvalue weighted by Gasteiger charge is -2.19. The number of hydrogen-bond donors (Lipinski definition) is 1. The third-order valence-electron chi connectivity index (χ3n) is 3.38. The minimum absolute atomic E-state index is 0.341. The van der Waals surface area contributed by atoms with Crippen LogP contribution >= 0.6 is 0 Å². The molecule has 0 aromatic heterocycles. The molecule has 0 amide bonds. The van der Waals surface area contributed by atoms with Gasteiger partial charge in [-0.1, -0.05) is 13.0 Å². The van der Waals surface area contributed by atoms with Crippen LogP contribution < -0.4 is 5.73 Å². The average Bonchev–Trinajstić information content (AvgIpc) is 2.24. The highest BCUT2D eigenvalue weighted by Crippen LogP contribution is 2.22. The first-order valence-electron chi connectivity index (χ1n) is 5.97. The van der Waals surface area contributed by atoms with Crippen molar-refractivity contribution in [1.29, 1.82) is 0 Å². The molecule has 0 bridgehead atoms. The largest absolute Gasteiger partial charge is 0.386 e. The lowest BCUT2D eigenvalue weighted by Crippen LogP contribution is -2.25. The summed E-state index contributed by atoms with van der Waals surface area (Å²) in [5.74, 6) is 0.969. The molecule has 3 heteroatoms. The smallest absolute Gasteiger partial charge is 0.123 e. The van der Waals surface area contributed by atoms with Gasteiger partial charge in [-0.25, -0.2) is 0 Å². The second kappa shape index (κ2) is 4.32. The van der Waals surface area contributed by atoms with Crippen LogP contribution in [0.5, 0.6) is 0 Å². The minimum atomic E-state index is 0.341. The molecule has 1 atom stereocenters. The summed E-state index contributed by atoms with van der Waals surface area (Å²) in [4.78, 5) is 0. The zero-order valence-electron chi connectivity index (χ0n) is 10.9. The van der Waals surface area contributed by atoms with Crippen LogP contribution in [0.4, 0.5) is 0 Å². The van der Waals surface area contributed by atoms with Crippen LogP contribution in [0.25, 0.3) is 0 Å². The molecule has 1 aromatic carbocycles. The molecular formula is C14H19N3. The highest BCUT2D eigenvalue weighted by molar-refractivity contribution is 6.06. The fraction of sp³-hybridized carbons (Fsp3) is 0.429. The summed E-state index contributed by atoms with van der Waals surface area (Å²) >= 11 is 0. The number of nitrogens with two attached hydrogens (primary N) is 1. The van der Waals surface area contributed by atoms with E-state index >= 15 is 0 Å². The van der Waals surface area contributed by atoms with E-state index in [0.29, 0.717) is 11.8 Å². The van der Waals surface area contributed by atoms with Gasteiger partial charge in [-0.3, -0.25) is 0 Å². The van der Waals surface area contributed by atoms with E-state index in [1.165, 1.54) is 22.3 Å². The van der Waals surface area contributed by atoms with Gasteiger partial charge in [0.15, 0.2) is 0 Å². The molecule has 0 saturated carbocycles. The van der Waals surface area contributed by atoms with Crippen molar-refractivity contribution in [3.63, 3.8) is 0 Å². The SMILES string of the molecule is Cc1cc(C)c(C2=NN=C(N)CC2C)cc1C. The second-order valence-corrected chi connectivity index (χ2v) is 4.93. The quantitative estimate of drug-likeness (QED) is 0.791. The van der Waals surface area contributed by atoms with Crippen molar-refractivity contribution in [3.8, 4) is 0 Å². The molecule has 1 aromatic rings. The first-order valence-corrected chi connectivity index (χ1v) is 5.97. The molecule has 0 fully saturated rings. The van der Waals surface area contributed by atoms with Gasteiger partial charge in [0, 0.05) is 17.9 Å². The summed E-state index contributed by atoms with van der Waals surface area (Å²) in [5, 5.41) is 8.29. The van der Waals surface area contributed by atoms with E-state index in [2.05, 4.69) is 50.0 Å². The minimum Gasteiger partial charge on any atom is -0.386 e. The molecule has 1 heterocycles. The van der Waals surface area contributed by atoms with Crippen molar-refractivity contribution in [2.24, 2.45) is 21.9 Å². The normalized spacial score (nSPS) is 19.9. The predicted molar refractivity (Wildman–Crippen MR) is 72.6 cm³/mol. The predicted octanol–water partition coefficient (Wildman–Crippen LogP) is 2.71. The highest BCUT2D eigenvalue weighted by Gasteiger charge is 2.20. The fourth-order valence-electron chi connectivity index (χ4n) is 2.22. The van der Waals surface area contributed by atoms with Crippen LogP contribution in [0, 0.1) is 26.7 Å². The third-order valence-corrected chi connectivity index (χ3v) is 3.38. The number of amidine groups is 1. The lowest BCUT2D eigenvalue weighted by molar-refractivity contribution is 0.782. The summed E-state index contributed by atoms with van der Waals surface area (Å²) < 4.78 is 0. The van der Waals surface area contributed by atoms with Crippen molar-refractivity contribution < 1.29 is 0 Å². The second-order valence-electron chi connectivity index (χ2n) is 4.93. The highest BCUT2D eigenvalue weighted by atomic mass is 15.2. The Bertz CT molecular complexity index is 512. The van der Waals surface area contributed by atoms with Crippen molar-refractivity contribution in [2.45, 2.75) is 34.1 Å². The van der Waals surface area contributed by atoms with Gasteiger partial charge in [-0.05, 0) is 43.5 Å². The van der Waals surface area contributed by atoms with Gasteiger partial charge in [0.25, 0.3) is 0 Å². The molecule has 90 valence electrons. The molecule has 0 spiro atoms. The van der Waals surface area contributed by atoms with Crippen molar-refractivity contribution >= 4 is 11.5 Å². The molecule has 1 aliphatic rings. The standard InChI is InChI=1S/C14H19N3/c1-8-5-10(3)12(6-9(8)2)14-11(4)7-13(15)16-17-14/h5-6,11H,7H2,1-4H3,(H2,15,16). The van der Waals surface area contributed by atoms with Crippen molar-refractivity contribution in [3.05, 3.63) is 34.4 Å². The molecule has 1 unspecified atom stereocenters. The molecule has 3 nitrogen and oxygen atoms in total. The van der Waals surface area contributed by atoms with Gasteiger partial charge in [0.1, 0.15) is 5.84 Å². The van der Waals surface area contributed by atoms with Gasteiger partial charge in [0.2, 0.25) is 0 Å². The van der Waals surface area contributed by atoms with Crippen LogP contribution in [0.3, 0.4) is 0 Å². The van der Waals surface area contributed by atoms with Gasteiger partial charge in [-0.15, -0.1) is 5.10 Å². The van der Waals surface area contributed by atoms with Crippen molar-refractivity contribution in [2.75, 3.05) is 0 Å². The van der Waals surface area contributed by atoms with E-state index in [1.54, 1.807) is 0 Å². The summed E-state index contributed by atoms with van der Waals surface area (Å²) in [6.07, 6.45) is 0.797. The average molecular weight is 229 g/mol. The molecule has 0 aliphatic carbocycles. The molecule has 2 N–H and O–H groups in total. The Labute approximate surface area is 102 Å². The van der Waals surface area contributed by atoms with Crippen LogP contribution in [-0.4, -0.2) is 11.5 Å². The van der Waals surface area contributed by atoms with Gasteiger partial charge in [-0.2, -0.15) is 5.10 Å². The maximum atomic E-state index is 5.70. The number of rotatable bonds is 1. The van der Waals surface area contributed by atoms with Crippen LogP contribution in [0.1, 0.15) is 35.6 Å². The van der Waals surface area contributed by atoms with E-state index in [9.17, 15) is 0 Å². The summed E-state index contributed by atoms with van der Waals surface area (Å²) in [6, 6.07) is 4.42. The van der Waals surface area contributed by atoms with E-state index < -0.39 is 0 Å². The fourth-order valence-corrected chi connectivity index (χ4v) is 2.22. The Morgan fingerprint density at radius 3 is 2.35 bits per heavy atom. The first kappa shape index (κ1) is 11.8. The molecule has 2 rings (SSSR count). The zero-order chi connectivity index (χ0) is 12.6. The summed E-state index contributed by atoms with van der Waals surface area (Å²) in [5.41, 5.74) is 11.8. The number of aryl methyl sites for hydroxylation is 3. The number of hydrogen-bond acceptors (Lipinski definition) is 3. The molecule has 1 aliphatic heterocycles. The monoisotopic (exact) mass is 229 g/mol. The van der Waals surface area contributed by atoms with Gasteiger partial charge >= 0.3 is 0 Å². The van der Waals surface area contributed by atoms with Crippen LogP contribution in [0.2, 0.25) is 0 Å². The third kappa shape index (κ3) is 2.23. The zero-order valence-corrected chi connectivity index (χ0v) is 10.9. The lowest BCUT2D eigenvalue weighted by atomic mass is 9.89. The summed E-state index contributed by atoms with van der Waals surface area (Å²) in [7, 11) is 0. The maximum Gasteiger partial charge on any atom is 0.123 e. The van der Waals surface area contributed by atoms with Crippen molar-refractivity contribution in [1.82, 2.24) is 0 Å². The summed E-state index contributed by atoms with van der Waals surface area (Å²) in [6.45, 7) is 8.53. The molecular weight excluding hydrogens is 210 g/mol. The van der Waals surface area contributed by atoms with E-state index in [4.69, 9.17) is 5.73 Å². The Morgan fingerprint density at radius 1 is 1.06 bits per heavy atom. The topological polar surface area (TPSA) is 50.7 Å². The Kier molecular flexibility index (Phi) is 3.01. The maximum absolute atomic E-state index is 5.70. The van der Waals surface area contributed by atoms with E-state index in [-0.39, 0.29) is 0 Å². The number of benzene rings is 1. The Morgan fingerprint density at radius 2 is 1.71 bits per heavy atom. The molecule has 0 radical (unpaired) electrons. The number of nitrogens with zero attached hydrogens (tertiary/aromatic N) is 2. The van der Waals surface area contributed by atoms with Gasteiger partial charge in [0.05, 0.1) is 5.71 Å². The molecule has 17 heavy (non-hydrogen) atoms. The molecule has 0 saturated heterocycles. The van der Waals surface area contributed by atoms with Gasteiger partial charge < -0.3 is 5.73 Å². The Hall–Kier alpha value is -1.64. The van der Waals surface area contributed by atoms with Crippen LogP contribution in [0.15, 0.2) is 22.3 Å². The van der Waals surface area contributed by atoms with Crippen LogP contribution in [-0.2, 0) is 0 Å². The first-order chi connectivity index (χ1) is 7.99. The van der Waals surface area contributed by atoms with E-state index in [1.807, 2.05) is 0 Å². The van der Waals surface area contributed by atoms with E-state index in [0.717, 1.165) is 12.1 Å².